The van der Waals surface area contributed by atoms with Gasteiger partial charge in [-0.05, 0) is 58.4 Å². The lowest BCUT2D eigenvalue weighted by molar-refractivity contribution is -0.124. The fourth-order valence-corrected chi connectivity index (χ4v) is 4.27. The van der Waals surface area contributed by atoms with Crippen LogP contribution in [-0.4, -0.2) is 41.0 Å². The number of nitrogens with zero attached hydrogens (tertiary/aromatic N) is 1. The topological polar surface area (TPSA) is 58.4 Å². The molecule has 0 aromatic carbocycles. The molecule has 0 aromatic heterocycles. The summed E-state index contributed by atoms with van der Waals surface area (Å²) < 4.78 is 0. The zero-order chi connectivity index (χ0) is 14.9. The Morgan fingerprint density at radius 1 is 1.30 bits per heavy atom. The number of carbonyl (C=O) groups excluding carboxylic acids is 1. The SMILES string of the molecule is CC(C)NC1(C(N)=O)CCC(N2CCCC2C(C)C)C1. The van der Waals surface area contributed by atoms with E-state index >= 15 is 0 Å². The fraction of sp³-hybridized carbons (Fsp3) is 0.938. The molecule has 2 rings (SSSR count). The molecule has 1 amide bonds. The molecule has 1 heterocycles. The normalized spacial score (nSPS) is 35.3. The second-order valence-corrected chi connectivity index (χ2v) is 7.33. The van der Waals surface area contributed by atoms with Crippen LogP contribution in [-0.2, 0) is 4.79 Å². The van der Waals surface area contributed by atoms with E-state index in [1.807, 2.05) is 0 Å². The first kappa shape index (κ1) is 15.8. The van der Waals surface area contributed by atoms with E-state index in [4.69, 9.17) is 5.73 Å². The Kier molecular flexibility index (Phi) is 4.75. The molecule has 116 valence electrons. The number of primary amides is 1. The lowest BCUT2D eigenvalue weighted by Crippen LogP contribution is -2.57. The van der Waals surface area contributed by atoms with Crippen molar-refractivity contribution in [3.63, 3.8) is 0 Å². The molecule has 1 aliphatic carbocycles. The monoisotopic (exact) mass is 281 g/mol. The van der Waals surface area contributed by atoms with Crippen LogP contribution < -0.4 is 11.1 Å². The number of amides is 1. The van der Waals surface area contributed by atoms with Crippen molar-refractivity contribution in [1.82, 2.24) is 10.2 Å². The van der Waals surface area contributed by atoms with E-state index in [2.05, 4.69) is 37.9 Å². The summed E-state index contributed by atoms with van der Waals surface area (Å²) in [4.78, 5) is 14.6. The molecule has 20 heavy (non-hydrogen) atoms. The van der Waals surface area contributed by atoms with E-state index in [1.165, 1.54) is 19.4 Å². The minimum absolute atomic E-state index is 0.172. The van der Waals surface area contributed by atoms with Crippen molar-refractivity contribution < 1.29 is 4.79 Å². The molecule has 0 bridgehead atoms. The standard InChI is InChI=1S/C16H31N3O/c1-11(2)14-6-5-9-19(14)13-7-8-16(10-13,15(17)20)18-12(3)4/h11-14,18H,5-10H2,1-4H3,(H2,17,20). The Labute approximate surface area is 123 Å². The van der Waals surface area contributed by atoms with Crippen molar-refractivity contribution in [2.45, 2.75) is 83.5 Å². The summed E-state index contributed by atoms with van der Waals surface area (Å²) in [6.07, 6.45) is 5.44. The Morgan fingerprint density at radius 3 is 2.55 bits per heavy atom. The Morgan fingerprint density at radius 2 is 2.00 bits per heavy atom. The lowest BCUT2D eigenvalue weighted by Gasteiger charge is -2.35. The molecule has 4 nitrogen and oxygen atoms in total. The number of hydrogen-bond acceptors (Lipinski definition) is 3. The van der Waals surface area contributed by atoms with Crippen LogP contribution in [0.25, 0.3) is 0 Å². The highest BCUT2D eigenvalue weighted by Crippen LogP contribution is 2.38. The molecule has 4 heteroatoms. The van der Waals surface area contributed by atoms with E-state index in [1.54, 1.807) is 0 Å². The Balaban J connectivity index is 2.08. The quantitative estimate of drug-likeness (QED) is 0.809. The van der Waals surface area contributed by atoms with Gasteiger partial charge in [0.25, 0.3) is 0 Å². The number of carbonyl (C=O) groups is 1. The maximum atomic E-state index is 12.0. The molecular weight excluding hydrogens is 250 g/mol. The minimum atomic E-state index is -0.483. The third-order valence-electron chi connectivity index (χ3n) is 5.11. The highest BCUT2D eigenvalue weighted by molar-refractivity contribution is 5.85. The molecule has 0 spiro atoms. The van der Waals surface area contributed by atoms with E-state index in [-0.39, 0.29) is 5.91 Å². The number of nitrogens with one attached hydrogen (secondary N) is 1. The van der Waals surface area contributed by atoms with Gasteiger partial charge in [0.15, 0.2) is 0 Å². The fourth-order valence-electron chi connectivity index (χ4n) is 4.27. The molecular formula is C16H31N3O. The molecule has 3 atom stereocenters. The van der Waals surface area contributed by atoms with Crippen LogP contribution in [0.1, 0.15) is 59.8 Å². The Bertz CT molecular complexity index is 356. The minimum Gasteiger partial charge on any atom is -0.368 e. The van der Waals surface area contributed by atoms with Gasteiger partial charge in [-0.3, -0.25) is 9.69 Å². The first-order valence-electron chi connectivity index (χ1n) is 8.19. The predicted octanol–water partition coefficient (Wildman–Crippen LogP) is 1.88. The van der Waals surface area contributed by atoms with E-state index < -0.39 is 5.54 Å². The summed E-state index contributed by atoms with van der Waals surface area (Å²) in [7, 11) is 0. The molecule has 2 aliphatic rings. The average molecular weight is 281 g/mol. The van der Waals surface area contributed by atoms with Gasteiger partial charge >= 0.3 is 0 Å². The van der Waals surface area contributed by atoms with E-state index in [0.717, 1.165) is 19.3 Å². The third kappa shape index (κ3) is 3.01. The van der Waals surface area contributed by atoms with Crippen molar-refractivity contribution in [3.8, 4) is 0 Å². The molecule has 0 aromatic rings. The lowest BCUT2D eigenvalue weighted by atomic mass is 9.94. The summed E-state index contributed by atoms with van der Waals surface area (Å²) in [6.45, 7) is 9.98. The highest BCUT2D eigenvalue weighted by atomic mass is 16.1. The summed E-state index contributed by atoms with van der Waals surface area (Å²) in [5.74, 6) is 0.521. The number of hydrogen-bond donors (Lipinski definition) is 2. The smallest absolute Gasteiger partial charge is 0.237 e. The van der Waals surface area contributed by atoms with Crippen LogP contribution in [0, 0.1) is 5.92 Å². The van der Waals surface area contributed by atoms with Gasteiger partial charge in [0.2, 0.25) is 5.91 Å². The van der Waals surface area contributed by atoms with Gasteiger partial charge in [0.05, 0.1) is 5.54 Å². The van der Waals surface area contributed by atoms with Crippen molar-refractivity contribution >= 4 is 5.91 Å². The van der Waals surface area contributed by atoms with Crippen LogP contribution in [0.15, 0.2) is 0 Å². The number of rotatable bonds is 5. The first-order chi connectivity index (χ1) is 9.35. The Hall–Kier alpha value is -0.610. The summed E-state index contributed by atoms with van der Waals surface area (Å²) in [5.41, 5.74) is 5.23. The zero-order valence-corrected chi connectivity index (χ0v) is 13.5. The second-order valence-electron chi connectivity index (χ2n) is 7.33. The van der Waals surface area contributed by atoms with Crippen LogP contribution in [0.2, 0.25) is 0 Å². The summed E-state index contributed by atoms with van der Waals surface area (Å²) in [5, 5.41) is 3.45. The van der Waals surface area contributed by atoms with Gasteiger partial charge in [-0.2, -0.15) is 0 Å². The van der Waals surface area contributed by atoms with E-state index in [0.29, 0.717) is 24.0 Å². The van der Waals surface area contributed by atoms with Gasteiger partial charge in [-0.1, -0.05) is 13.8 Å². The van der Waals surface area contributed by atoms with Crippen LogP contribution >= 0.6 is 0 Å². The van der Waals surface area contributed by atoms with Crippen LogP contribution in [0.3, 0.4) is 0 Å². The molecule has 1 aliphatic heterocycles. The molecule has 0 radical (unpaired) electrons. The van der Waals surface area contributed by atoms with Gasteiger partial charge in [0, 0.05) is 18.1 Å². The van der Waals surface area contributed by atoms with Crippen molar-refractivity contribution in [2.75, 3.05) is 6.54 Å². The molecule has 1 saturated carbocycles. The summed E-state index contributed by atoms with van der Waals surface area (Å²) in [6, 6.07) is 1.49. The average Bonchev–Trinajstić information content (AvgIpc) is 2.93. The van der Waals surface area contributed by atoms with Gasteiger partial charge in [-0.15, -0.1) is 0 Å². The summed E-state index contributed by atoms with van der Waals surface area (Å²) >= 11 is 0. The van der Waals surface area contributed by atoms with Crippen LogP contribution in [0.5, 0.6) is 0 Å². The maximum Gasteiger partial charge on any atom is 0.237 e. The molecule has 3 N–H and O–H groups in total. The second kappa shape index (κ2) is 6.02. The number of nitrogens with two attached hydrogens (primary N) is 1. The van der Waals surface area contributed by atoms with Gasteiger partial charge in [0.1, 0.15) is 0 Å². The van der Waals surface area contributed by atoms with Crippen LogP contribution in [0.4, 0.5) is 0 Å². The molecule has 3 unspecified atom stereocenters. The van der Waals surface area contributed by atoms with Crippen molar-refractivity contribution in [3.05, 3.63) is 0 Å². The molecule has 2 fully saturated rings. The predicted molar refractivity (Wildman–Crippen MR) is 82.4 cm³/mol. The van der Waals surface area contributed by atoms with Crippen molar-refractivity contribution in [2.24, 2.45) is 11.7 Å². The third-order valence-corrected chi connectivity index (χ3v) is 5.11. The zero-order valence-electron chi connectivity index (χ0n) is 13.5. The maximum absolute atomic E-state index is 12.0. The van der Waals surface area contributed by atoms with Gasteiger partial charge < -0.3 is 11.1 Å². The van der Waals surface area contributed by atoms with Crippen molar-refractivity contribution in [1.29, 1.82) is 0 Å². The highest BCUT2D eigenvalue weighted by Gasteiger charge is 2.47. The van der Waals surface area contributed by atoms with E-state index in [9.17, 15) is 4.79 Å². The number of likely N-dealkylation sites (tertiary alicyclic amines) is 1. The van der Waals surface area contributed by atoms with Gasteiger partial charge in [-0.25, -0.2) is 0 Å². The largest absolute Gasteiger partial charge is 0.368 e. The first-order valence-corrected chi connectivity index (χ1v) is 8.19. The molecule has 1 saturated heterocycles.